The van der Waals surface area contributed by atoms with Crippen molar-refractivity contribution in [2.24, 2.45) is 20.5 Å². The van der Waals surface area contributed by atoms with Gasteiger partial charge in [-0.2, -0.15) is 55.1 Å². The molecule has 12 aromatic rings. The van der Waals surface area contributed by atoms with Crippen molar-refractivity contribution in [3.63, 3.8) is 0 Å². The number of anilines is 5. The second-order valence-electron chi connectivity index (χ2n) is 20.8. The average molecular weight is 1270 g/mol. The fourth-order valence-corrected chi connectivity index (χ4v) is 9.32. The van der Waals surface area contributed by atoms with Gasteiger partial charge in [-0.05, 0) is 109 Å². The summed E-state index contributed by atoms with van der Waals surface area (Å²) >= 11 is 0. The number of rotatable bonds is 24. The van der Waals surface area contributed by atoms with Gasteiger partial charge in [0.15, 0.2) is 17.3 Å². The number of carbonyl (C=O) groups is 1. The van der Waals surface area contributed by atoms with E-state index in [1.54, 1.807) is 60.7 Å². The van der Waals surface area contributed by atoms with E-state index in [9.17, 15) is 20.3 Å². The van der Waals surface area contributed by atoms with Crippen LogP contribution in [0.25, 0.3) is 50.6 Å². The van der Waals surface area contributed by atoms with Gasteiger partial charge in [-0.25, -0.2) is 28.8 Å². The molecule has 0 amide bonds. The fraction of sp³-hybridized carbons (Fsp3) is 0.125. The Morgan fingerprint density at radius 3 is 1.83 bits per heavy atom. The maximum atomic E-state index is 13.3. The fourth-order valence-electron chi connectivity index (χ4n) is 9.32. The molecule has 0 atom stereocenters. The van der Waals surface area contributed by atoms with E-state index < -0.39 is 18.0 Å². The normalized spacial score (nSPS) is 11.3. The molecule has 0 spiro atoms. The van der Waals surface area contributed by atoms with Gasteiger partial charge in [0.1, 0.15) is 23.9 Å². The number of nitrogens with one attached hydrogen (secondary N) is 2. The Bertz CT molecular complexity index is 4870. The molecule has 31 nitrogen and oxygen atoms in total. The van der Waals surface area contributed by atoms with Crippen LogP contribution in [0.3, 0.4) is 0 Å². The molecule has 0 saturated heterocycles. The number of nitriles is 1. The third kappa shape index (κ3) is 14.3. The number of aryl methyl sites for hydroxylation is 2. The Morgan fingerprint density at radius 1 is 0.632 bits per heavy atom. The van der Waals surface area contributed by atoms with Crippen LogP contribution in [-0.4, -0.2) is 98.5 Å². The van der Waals surface area contributed by atoms with E-state index in [1.165, 1.54) is 26.4 Å². The third-order valence-corrected chi connectivity index (χ3v) is 14.2. The number of nitrogen functional groups attached to an aromatic ring is 2. The van der Waals surface area contributed by atoms with Gasteiger partial charge in [0.05, 0.1) is 49.1 Å². The van der Waals surface area contributed by atoms with Gasteiger partial charge < -0.3 is 31.3 Å². The van der Waals surface area contributed by atoms with Crippen molar-refractivity contribution >= 4 is 63.9 Å². The molecule has 6 aromatic heterocycles. The smallest absolute Gasteiger partial charge is 0.373 e. The molecular weight excluding hydrogens is 1210 g/mol. The SMILES string of the molecule is [C-]#[N+]c1cnn(-c2ccccc2)c1N=Nc1c(-c2ccc(COOCCCCCOC(=O)c3ccc(-c4nn(-c5nc(O)nc(Nc6ccc(C)cc6)n5)c(N)c4N=Nc4c(C#N)cnn4-c4ccccc4)cc3)cc2)nn(-c2nc(O)nc(Nc3ccc(C)cc3)n2)[n+]1N. The molecular formula is C64H54N25O6+. The summed E-state index contributed by atoms with van der Waals surface area (Å²) in [6.45, 7) is 12.2. The Balaban J connectivity index is 0.675. The first-order valence-electron chi connectivity index (χ1n) is 29.1. The van der Waals surface area contributed by atoms with E-state index in [0.29, 0.717) is 53.1 Å². The number of hydrogen-bond donors (Lipinski definition) is 6. The summed E-state index contributed by atoms with van der Waals surface area (Å²) in [4.78, 5) is 55.4. The molecule has 12 rings (SSSR count). The minimum atomic E-state index is -0.613. The van der Waals surface area contributed by atoms with Crippen molar-refractivity contribution in [3.05, 3.63) is 209 Å². The monoisotopic (exact) mass is 1270 g/mol. The van der Waals surface area contributed by atoms with Crippen LogP contribution in [0.2, 0.25) is 0 Å². The Kier molecular flexibility index (Phi) is 18.3. The largest absolute Gasteiger partial charge is 0.479 e. The highest BCUT2D eigenvalue weighted by Crippen LogP contribution is 2.39. The van der Waals surface area contributed by atoms with Crippen molar-refractivity contribution in [1.29, 1.82) is 5.26 Å². The highest BCUT2D eigenvalue weighted by molar-refractivity contribution is 5.91. The van der Waals surface area contributed by atoms with E-state index in [4.69, 9.17) is 42.9 Å². The third-order valence-electron chi connectivity index (χ3n) is 14.2. The summed E-state index contributed by atoms with van der Waals surface area (Å²) in [6, 6.07) is 47.6. The number of nitrogens with zero attached hydrogens (tertiary/aromatic N) is 21. The van der Waals surface area contributed by atoms with E-state index in [2.05, 4.69) is 82.1 Å². The van der Waals surface area contributed by atoms with Gasteiger partial charge >= 0.3 is 29.8 Å². The van der Waals surface area contributed by atoms with E-state index in [-0.39, 0.29) is 101 Å². The van der Waals surface area contributed by atoms with Gasteiger partial charge in [0.25, 0.3) is 17.3 Å². The highest BCUT2D eigenvalue weighted by Gasteiger charge is 2.31. The first kappa shape index (κ1) is 61.7. The molecule has 0 aliphatic heterocycles. The molecule has 0 radical (unpaired) electrons. The van der Waals surface area contributed by atoms with Crippen molar-refractivity contribution in [2.45, 2.75) is 39.7 Å². The zero-order chi connectivity index (χ0) is 65.8. The number of nitrogens with two attached hydrogens (primary N) is 2. The minimum absolute atomic E-state index is 0.00434. The maximum absolute atomic E-state index is 13.3. The summed E-state index contributed by atoms with van der Waals surface area (Å²) in [5.41, 5.74) is 14.2. The molecule has 470 valence electrons. The lowest BCUT2D eigenvalue weighted by Crippen LogP contribution is -2.52. The number of benzene rings is 6. The number of aromatic hydroxyl groups is 2. The summed E-state index contributed by atoms with van der Waals surface area (Å²) < 4.78 is 9.74. The molecule has 6 heterocycles. The summed E-state index contributed by atoms with van der Waals surface area (Å²) in [7, 11) is 0. The second-order valence-corrected chi connectivity index (χ2v) is 20.8. The number of para-hydroxylation sites is 2. The van der Waals surface area contributed by atoms with Crippen LogP contribution in [-0.2, 0) is 21.1 Å². The Hall–Kier alpha value is -13.5. The second kappa shape index (κ2) is 28.1. The molecule has 0 aliphatic rings. The van der Waals surface area contributed by atoms with Crippen LogP contribution >= 0.6 is 0 Å². The number of ether oxygens (including phenoxy) is 1. The van der Waals surface area contributed by atoms with Gasteiger partial charge in [0, 0.05) is 32.4 Å². The van der Waals surface area contributed by atoms with Crippen LogP contribution in [0.15, 0.2) is 191 Å². The van der Waals surface area contributed by atoms with Crippen LogP contribution < -0.4 is 27.0 Å². The topological polar surface area (TPSA) is 391 Å². The van der Waals surface area contributed by atoms with Crippen LogP contribution in [0.1, 0.15) is 51.9 Å². The first-order valence-corrected chi connectivity index (χ1v) is 29.1. The van der Waals surface area contributed by atoms with E-state index in [1.807, 2.05) is 111 Å². The number of hydrogen-bond acceptors (Lipinski definition) is 25. The Morgan fingerprint density at radius 2 is 1.20 bits per heavy atom. The van der Waals surface area contributed by atoms with Gasteiger partial charge in [-0.15, -0.1) is 10.2 Å². The standard InChI is InChI=1S/C64H53N25O6/c1-39-17-29-46(30-18-39)71-59-73-61(77-63(91)75-59)87-54(66)53(79-80-55-45(35-65)36-69-85(55)48-13-7-4-8-14-48)51(83-87)42-25-27-44(28-26-42)58(90)93-33-11-6-12-34-94-95-38-41-21-23-43(24-22-41)52-57(82-81-56-50(68-3)37-70-86(56)49-15-9-5-10-16-49)88(67)89(84-52)62-74-60(76-64(92)78-62)72-47-31-19-40(2)20-32-47/h4-5,7-10,13-32,36-37H,6,11-12,33-34,38H2,1-2H3,(H7-,66,67,69,70,71,72,73,74,75,76,77,78,80,81,83,84,91,92)/p+1. The summed E-state index contributed by atoms with van der Waals surface area (Å²) in [6.07, 6.45) is 4.57. The first-order chi connectivity index (χ1) is 46.4. The predicted octanol–water partition coefficient (Wildman–Crippen LogP) is 11.0. The van der Waals surface area contributed by atoms with Gasteiger partial charge in [-0.1, -0.05) is 113 Å². The molecule has 0 saturated carbocycles. The lowest BCUT2D eigenvalue weighted by molar-refractivity contribution is -0.707. The van der Waals surface area contributed by atoms with Crippen LogP contribution in [0, 0.1) is 31.8 Å². The molecule has 0 bridgehead atoms. The van der Waals surface area contributed by atoms with Gasteiger partial charge in [-0.3, -0.25) is 5.84 Å². The maximum Gasteiger partial charge on any atom is 0.373 e. The average Bonchev–Trinajstić information content (AvgIpc) is 1.87. The summed E-state index contributed by atoms with van der Waals surface area (Å²) in [5.74, 6) is 6.07. The number of carbonyl (C=O) groups excluding carboxylic acids is 1. The molecule has 0 aliphatic carbocycles. The van der Waals surface area contributed by atoms with Crippen LogP contribution in [0.4, 0.5) is 57.9 Å². The van der Waals surface area contributed by atoms with Crippen molar-refractivity contribution < 1.29 is 34.3 Å². The molecule has 95 heavy (non-hydrogen) atoms. The molecule has 0 unspecified atom stereocenters. The lowest BCUT2D eigenvalue weighted by atomic mass is 10.1. The number of aromatic nitrogens is 15. The molecule has 31 heteroatoms. The lowest BCUT2D eigenvalue weighted by Gasteiger charge is -2.08. The highest BCUT2D eigenvalue weighted by atomic mass is 17.2. The zero-order valence-electron chi connectivity index (χ0n) is 50.5. The van der Waals surface area contributed by atoms with E-state index in [0.717, 1.165) is 26.3 Å². The van der Waals surface area contributed by atoms with Crippen molar-refractivity contribution in [3.8, 4) is 63.9 Å². The quantitative estimate of drug-likeness (QED) is 0.00478. The van der Waals surface area contributed by atoms with Crippen LogP contribution in [0.5, 0.6) is 12.0 Å². The Labute approximate surface area is 539 Å². The summed E-state index contributed by atoms with van der Waals surface area (Å²) in [5, 5.41) is 73.5. The zero-order valence-corrected chi connectivity index (χ0v) is 50.5. The predicted molar refractivity (Wildman–Crippen MR) is 343 cm³/mol. The molecule has 0 fully saturated rings. The molecule has 6 aromatic carbocycles. The number of unbranched alkanes of at least 4 members (excludes halogenated alkanes) is 2. The minimum Gasteiger partial charge on any atom is -0.479 e. The van der Waals surface area contributed by atoms with Gasteiger partial charge in [0.2, 0.25) is 17.7 Å². The molecule has 8 N–H and O–H groups in total. The van der Waals surface area contributed by atoms with E-state index >= 15 is 0 Å². The number of azo groups is 2. The van der Waals surface area contributed by atoms with Crippen molar-refractivity contribution in [1.82, 2.24) is 69.1 Å². The number of esters is 1. The van der Waals surface area contributed by atoms with Crippen molar-refractivity contribution in [2.75, 3.05) is 35.4 Å².